The Bertz CT molecular complexity index is 900. The van der Waals surface area contributed by atoms with E-state index in [1.807, 2.05) is 12.1 Å². The lowest BCUT2D eigenvalue weighted by molar-refractivity contribution is 0.0600. The van der Waals surface area contributed by atoms with Gasteiger partial charge < -0.3 is 14.5 Å². The lowest BCUT2D eigenvalue weighted by atomic mass is 10.2. The van der Waals surface area contributed by atoms with Crippen LogP contribution >= 0.6 is 15.9 Å². The van der Waals surface area contributed by atoms with Crippen LogP contribution in [-0.4, -0.2) is 19.0 Å². The summed E-state index contributed by atoms with van der Waals surface area (Å²) in [7, 11) is 1.31. The van der Waals surface area contributed by atoms with Crippen molar-refractivity contribution in [1.29, 1.82) is 0 Å². The van der Waals surface area contributed by atoms with E-state index in [0.29, 0.717) is 16.8 Å². The Balaban J connectivity index is 1.84. The van der Waals surface area contributed by atoms with Crippen LogP contribution in [0.25, 0.3) is 11.0 Å². The fourth-order valence-electron chi connectivity index (χ4n) is 2.16. The Hall–Kier alpha value is -2.60. The highest BCUT2D eigenvalue weighted by molar-refractivity contribution is 9.10. The van der Waals surface area contributed by atoms with Crippen LogP contribution in [0.15, 0.2) is 57.4 Å². The summed E-state index contributed by atoms with van der Waals surface area (Å²) in [4.78, 5) is 23.8. The van der Waals surface area contributed by atoms with Crippen LogP contribution in [0.1, 0.15) is 20.9 Å². The van der Waals surface area contributed by atoms with E-state index in [-0.39, 0.29) is 11.7 Å². The second-order valence-corrected chi connectivity index (χ2v) is 5.73. The number of benzene rings is 2. The van der Waals surface area contributed by atoms with Crippen molar-refractivity contribution in [3.05, 3.63) is 64.3 Å². The molecule has 0 radical (unpaired) electrons. The van der Waals surface area contributed by atoms with E-state index >= 15 is 0 Å². The van der Waals surface area contributed by atoms with Crippen molar-refractivity contribution in [3.8, 4) is 0 Å². The molecule has 3 rings (SSSR count). The molecule has 1 aromatic heterocycles. The van der Waals surface area contributed by atoms with Gasteiger partial charge >= 0.3 is 5.97 Å². The molecule has 0 bridgehead atoms. The lowest BCUT2D eigenvalue weighted by Gasteiger charge is -2.05. The van der Waals surface area contributed by atoms with Crippen molar-refractivity contribution in [2.75, 3.05) is 12.4 Å². The maximum absolute atomic E-state index is 12.3. The Labute approximate surface area is 140 Å². The van der Waals surface area contributed by atoms with Gasteiger partial charge in [-0.2, -0.15) is 0 Å². The summed E-state index contributed by atoms with van der Waals surface area (Å²) in [5.74, 6) is -0.657. The number of furan rings is 1. The zero-order chi connectivity index (χ0) is 16.4. The second kappa shape index (κ2) is 6.26. The number of rotatable bonds is 3. The average molecular weight is 374 g/mol. The molecule has 3 aromatic rings. The summed E-state index contributed by atoms with van der Waals surface area (Å²) in [5, 5.41) is 3.53. The van der Waals surface area contributed by atoms with Gasteiger partial charge in [0.2, 0.25) is 0 Å². The Morgan fingerprint density at radius 2 is 1.96 bits per heavy atom. The van der Waals surface area contributed by atoms with Gasteiger partial charge in [0.15, 0.2) is 5.76 Å². The highest BCUT2D eigenvalue weighted by atomic mass is 79.9. The van der Waals surface area contributed by atoms with Crippen LogP contribution in [0, 0.1) is 0 Å². The monoisotopic (exact) mass is 373 g/mol. The number of hydrogen-bond donors (Lipinski definition) is 1. The molecule has 0 aliphatic rings. The molecular weight excluding hydrogens is 362 g/mol. The van der Waals surface area contributed by atoms with Crippen molar-refractivity contribution >= 4 is 44.5 Å². The number of hydrogen-bond acceptors (Lipinski definition) is 4. The first-order chi connectivity index (χ1) is 11.1. The van der Waals surface area contributed by atoms with Gasteiger partial charge in [-0.3, -0.25) is 4.79 Å². The van der Waals surface area contributed by atoms with Crippen molar-refractivity contribution in [3.63, 3.8) is 0 Å². The van der Waals surface area contributed by atoms with Crippen LogP contribution in [0.3, 0.4) is 0 Å². The quantitative estimate of drug-likeness (QED) is 0.697. The number of fused-ring (bicyclic) bond motifs is 1. The van der Waals surface area contributed by atoms with Gasteiger partial charge in [-0.05, 0) is 42.5 Å². The van der Waals surface area contributed by atoms with Gasteiger partial charge in [0.25, 0.3) is 5.91 Å². The largest absolute Gasteiger partial charge is 0.465 e. The molecule has 0 saturated heterocycles. The minimum atomic E-state index is -0.463. The standard InChI is InChI=1S/C17H12BrNO4/c1-22-17(21)10-3-2-4-13(8-10)19-16(20)15-9-11-7-12(18)5-6-14(11)23-15/h2-9H,1H3,(H,19,20). The average Bonchev–Trinajstić information content (AvgIpc) is 2.97. The molecule has 1 N–H and O–H groups in total. The first kappa shape index (κ1) is 15.3. The summed E-state index contributed by atoms with van der Waals surface area (Å²) < 4.78 is 11.1. The fraction of sp³-hybridized carbons (Fsp3) is 0.0588. The minimum absolute atomic E-state index is 0.196. The molecule has 6 heteroatoms. The van der Waals surface area contributed by atoms with E-state index in [1.54, 1.807) is 36.4 Å². The molecule has 0 saturated carbocycles. The number of carbonyl (C=O) groups excluding carboxylic acids is 2. The number of ether oxygens (including phenoxy) is 1. The third kappa shape index (κ3) is 3.27. The molecule has 0 unspecified atom stereocenters. The van der Waals surface area contributed by atoms with E-state index in [4.69, 9.17) is 4.42 Å². The molecular formula is C17H12BrNO4. The summed E-state index contributed by atoms with van der Waals surface area (Å²) in [6, 6.07) is 13.7. The van der Waals surface area contributed by atoms with Gasteiger partial charge in [-0.15, -0.1) is 0 Å². The zero-order valence-corrected chi connectivity index (χ0v) is 13.7. The van der Waals surface area contributed by atoms with E-state index < -0.39 is 5.97 Å². The minimum Gasteiger partial charge on any atom is -0.465 e. The summed E-state index contributed by atoms with van der Waals surface area (Å²) >= 11 is 3.37. The first-order valence-electron chi connectivity index (χ1n) is 6.75. The Morgan fingerprint density at radius 1 is 1.13 bits per heavy atom. The highest BCUT2D eigenvalue weighted by Crippen LogP contribution is 2.24. The van der Waals surface area contributed by atoms with Gasteiger partial charge in [0.1, 0.15) is 5.58 Å². The molecule has 2 aromatic carbocycles. The molecule has 0 spiro atoms. The molecule has 0 aliphatic carbocycles. The first-order valence-corrected chi connectivity index (χ1v) is 7.55. The SMILES string of the molecule is COC(=O)c1cccc(NC(=O)c2cc3cc(Br)ccc3o2)c1. The van der Waals surface area contributed by atoms with E-state index in [9.17, 15) is 9.59 Å². The third-order valence-electron chi connectivity index (χ3n) is 3.24. The fourth-order valence-corrected chi connectivity index (χ4v) is 2.54. The van der Waals surface area contributed by atoms with Gasteiger partial charge in [0.05, 0.1) is 12.7 Å². The molecule has 5 nitrogen and oxygen atoms in total. The molecule has 0 fully saturated rings. The number of anilines is 1. The van der Waals surface area contributed by atoms with Crippen LogP contribution in [0.4, 0.5) is 5.69 Å². The van der Waals surface area contributed by atoms with E-state index in [1.165, 1.54) is 7.11 Å². The summed E-state index contributed by atoms with van der Waals surface area (Å²) in [6.07, 6.45) is 0. The van der Waals surface area contributed by atoms with Crippen molar-refractivity contribution < 1.29 is 18.7 Å². The van der Waals surface area contributed by atoms with Gasteiger partial charge in [0, 0.05) is 15.5 Å². The van der Waals surface area contributed by atoms with Crippen LogP contribution in [-0.2, 0) is 4.74 Å². The zero-order valence-electron chi connectivity index (χ0n) is 12.1. The second-order valence-electron chi connectivity index (χ2n) is 4.82. The third-order valence-corrected chi connectivity index (χ3v) is 3.74. The smallest absolute Gasteiger partial charge is 0.337 e. The summed E-state index contributed by atoms with van der Waals surface area (Å²) in [5.41, 5.74) is 1.47. The maximum atomic E-state index is 12.3. The topological polar surface area (TPSA) is 68.5 Å². The number of amides is 1. The summed E-state index contributed by atoms with van der Waals surface area (Å²) in [6.45, 7) is 0. The van der Waals surface area contributed by atoms with E-state index in [0.717, 1.165) is 9.86 Å². The number of carbonyl (C=O) groups is 2. The van der Waals surface area contributed by atoms with Crippen LogP contribution in [0.5, 0.6) is 0 Å². The predicted octanol–water partition coefficient (Wildman–Crippen LogP) is 4.23. The highest BCUT2D eigenvalue weighted by Gasteiger charge is 2.14. The normalized spacial score (nSPS) is 10.5. The van der Waals surface area contributed by atoms with Crippen molar-refractivity contribution in [2.24, 2.45) is 0 Å². The van der Waals surface area contributed by atoms with Gasteiger partial charge in [-0.1, -0.05) is 22.0 Å². The van der Waals surface area contributed by atoms with Gasteiger partial charge in [-0.25, -0.2) is 4.79 Å². The molecule has 23 heavy (non-hydrogen) atoms. The number of halogens is 1. The molecule has 1 amide bonds. The Kier molecular flexibility index (Phi) is 4.16. The predicted molar refractivity (Wildman–Crippen MR) is 89.6 cm³/mol. The lowest BCUT2D eigenvalue weighted by Crippen LogP contribution is -2.11. The maximum Gasteiger partial charge on any atom is 0.337 e. The van der Waals surface area contributed by atoms with Crippen molar-refractivity contribution in [1.82, 2.24) is 0 Å². The van der Waals surface area contributed by atoms with Crippen molar-refractivity contribution in [2.45, 2.75) is 0 Å². The van der Waals surface area contributed by atoms with Crippen LogP contribution < -0.4 is 5.32 Å². The van der Waals surface area contributed by atoms with Crippen LogP contribution in [0.2, 0.25) is 0 Å². The molecule has 0 aliphatic heterocycles. The number of methoxy groups -OCH3 is 1. The molecule has 116 valence electrons. The van der Waals surface area contributed by atoms with E-state index in [2.05, 4.69) is 26.0 Å². The molecule has 0 atom stereocenters. The molecule has 1 heterocycles. The number of nitrogens with one attached hydrogen (secondary N) is 1. The number of esters is 1. The Morgan fingerprint density at radius 3 is 2.74 bits per heavy atom.